The Hall–Kier alpha value is -2.47. The lowest BCUT2D eigenvalue weighted by molar-refractivity contribution is -0.141. The van der Waals surface area contributed by atoms with Crippen molar-refractivity contribution < 1.29 is 9.59 Å². The number of halogens is 2. The average molecular weight is 544 g/mol. The van der Waals surface area contributed by atoms with Crippen molar-refractivity contribution in [1.82, 2.24) is 10.2 Å². The third-order valence-corrected chi connectivity index (χ3v) is 7.25. The molecule has 3 aromatic carbocycles. The summed E-state index contributed by atoms with van der Waals surface area (Å²) < 4.78 is 0. The third kappa shape index (κ3) is 8.88. The van der Waals surface area contributed by atoms with Crippen molar-refractivity contribution in [2.24, 2.45) is 0 Å². The minimum atomic E-state index is -0.673. The lowest BCUT2D eigenvalue weighted by Crippen LogP contribution is -2.51. The van der Waals surface area contributed by atoms with Gasteiger partial charge in [-0.1, -0.05) is 89.9 Å². The lowest BCUT2D eigenvalue weighted by Gasteiger charge is -2.32. The fourth-order valence-electron chi connectivity index (χ4n) is 3.84. The molecule has 3 aromatic rings. The third-order valence-electron chi connectivity index (χ3n) is 5.63. The molecule has 190 valence electrons. The van der Waals surface area contributed by atoms with Crippen LogP contribution in [0.3, 0.4) is 0 Å². The zero-order valence-corrected chi connectivity index (χ0v) is 23.0. The highest BCUT2D eigenvalue weighted by Gasteiger charge is 2.31. The molecule has 0 saturated carbocycles. The molecule has 7 heteroatoms. The van der Waals surface area contributed by atoms with E-state index in [2.05, 4.69) is 17.4 Å². The number of rotatable bonds is 12. The second-order valence-electron chi connectivity index (χ2n) is 8.91. The highest BCUT2D eigenvalue weighted by atomic mass is 35.5. The molecule has 0 aliphatic heterocycles. The Balaban J connectivity index is 1.82. The van der Waals surface area contributed by atoms with Gasteiger partial charge in [0.1, 0.15) is 6.04 Å². The normalized spacial score (nSPS) is 11.8. The molecule has 0 fully saturated rings. The van der Waals surface area contributed by atoms with Crippen LogP contribution in [0, 0.1) is 0 Å². The van der Waals surface area contributed by atoms with Gasteiger partial charge in [-0.3, -0.25) is 9.59 Å². The summed E-state index contributed by atoms with van der Waals surface area (Å²) in [5, 5.41) is 4.00. The molecule has 0 heterocycles. The van der Waals surface area contributed by atoms with Gasteiger partial charge < -0.3 is 10.2 Å². The molecule has 0 aliphatic carbocycles. The van der Waals surface area contributed by atoms with E-state index in [1.54, 1.807) is 28.8 Å². The first-order valence-electron chi connectivity index (χ1n) is 12.0. The zero-order chi connectivity index (χ0) is 25.9. The summed E-state index contributed by atoms with van der Waals surface area (Å²) in [6, 6.07) is 24.5. The van der Waals surface area contributed by atoms with Crippen molar-refractivity contribution >= 4 is 46.8 Å². The largest absolute Gasteiger partial charge is 0.352 e. The van der Waals surface area contributed by atoms with E-state index in [1.807, 2.05) is 68.4 Å². The van der Waals surface area contributed by atoms with Gasteiger partial charge in [0.15, 0.2) is 0 Å². The van der Waals surface area contributed by atoms with E-state index in [4.69, 9.17) is 23.2 Å². The van der Waals surface area contributed by atoms with Gasteiger partial charge in [0.05, 0.1) is 0 Å². The topological polar surface area (TPSA) is 49.4 Å². The van der Waals surface area contributed by atoms with Crippen LogP contribution in [0.4, 0.5) is 0 Å². The number of thioether (sulfide) groups is 1. The molecule has 0 spiro atoms. The Morgan fingerprint density at radius 2 is 1.56 bits per heavy atom. The number of carbonyl (C=O) groups excluding carboxylic acids is 2. The molecule has 1 unspecified atom stereocenters. The highest BCUT2D eigenvalue weighted by Crippen LogP contribution is 2.25. The quantitative estimate of drug-likeness (QED) is 0.256. The van der Waals surface area contributed by atoms with Crippen LogP contribution in [0.15, 0.2) is 78.9 Å². The van der Waals surface area contributed by atoms with Crippen molar-refractivity contribution in [1.29, 1.82) is 0 Å². The molecule has 0 aromatic heterocycles. The second-order valence-corrected chi connectivity index (χ2v) is 10.9. The van der Waals surface area contributed by atoms with Crippen LogP contribution in [0.2, 0.25) is 10.0 Å². The van der Waals surface area contributed by atoms with Gasteiger partial charge in [0.25, 0.3) is 0 Å². The summed E-state index contributed by atoms with van der Waals surface area (Å²) in [5.41, 5.74) is 2.96. The summed E-state index contributed by atoms with van der Waals surface area (Å²) in [6.07, 6.45) is 0.733. The molecule has 0 radical (unpaired) electrons. The number of hydrogen-bond acceptors (Lipinski definition) is 3. The standard InChI is InChI=1S/C29H32Cl2N2O2S/c1-21(2)32-29(35)27(17-22-9-5-3-6-10-22)33(19-24-13-14-25(30)18-26(24)31)28(34)15-16-36-20-23-11-7-4-8-12-23/h3-14,18,21,27H,15-17,19-20H2,1-2H3,(H,32,35). The number of nitrogens with one attached hydrogen (secondary N) is 1. The number of hydrogen-bond donors (Lipinski definition) is 1. The van der Waals surface area contributed by atoms with Crippen LogP contribution >= 0.6 is 35.0 Å². The number of nitrogens with zero attached hydrogens (tertiary/aromatic N) is 1. The predicted molar refractivity (Wildman–Crippen MR) is 151 cm³/mol. The molecular weight excluding hydrogens is 511 g/mol. The molecule has 4 nitrogen and oxygen atoms in total. The predicted octanol–water partition coefficient (Wildman–Crippen LogP) is 6.78. The van der Waals surface area contributed by atoms with Crippen molar-refractivity contribution in [3.05, 3.63) is 106 Å². The first-order valence-corrected chi connectivity index (χ1v) is 13.9. The monoisotopic (exact) mass is 542 g/mol. The lowest BCUT2D eigenvalue weighted by atomic mass is 10.0. The summed E-state index contributed by atoms with van der Waals surface area (Å²) >= 11 is 14.3. The molecule has 0 saturated heterocycles. The van der Waals surface area contributed by atoms with E-state index in [-0.39, 0.29) is 24.4 Å². The van der Waals surface area contributed by atoms with Crippen molar-refractivity contribution in [2.75, 3.05) is 5.75 Å². The van der Waals surface area contributed by atoms with Gasteiger partial charge in [-0.2, -0.15) is 11.8 Å². The number of carbonyl (C=O) groups is 2. The van der Waals surface area contributed by atoms with Gasteiger partial charge >= 0.3 is 0 Å². The average Bonchev–Trinajstić information content (AvgIpc) is 2.86. The molecule has 3 rings (SSSR count). The fraction of sp³-hybridized carbons (Fsp3) is 0.310. The fourth-order valence-corrected chi connectivity index (χ4v) is 5.20. The maximum atomic E-state index is 13.6. The van der Waals surface area contributed by atoms with Gasteiger partial charge in [-0.05, 0) is 42.7 Å². The van der Waals surface area contributed by atoms with E-state index in [0.29, 0.717) is 28.6 Å². The molecule has 0 bridgehead atoms. The van der Waals surface area contributed by atoms with E-state index in [1.165, 1.54) is 5.56 Å². The number of benzene rings is 3. The second kappa shape index (κ2) is 14.3. The Morgan fingerprint density at radius 3 is 2.17 bits per heavy atom. The zero-order valence-electron chi connectivity index (χ0n) is 20.6. The molecule has 0 aliphatic rings. The van der Waals surface area contributed by atoms with Crippen molar-refractivity contribution in [3.8, 4) is 0 Å². The summed E-state index contributed by atoms with van der Waals surface area (Å²) in [4.78, 5) is 28.7. The molecule has 36 heavy (non-hydrogen) atoms. The van der Waals surface area contributed by atoms with Gasteiger partial charge in [-0.25, -0.2) is 0 Å². The van der Waals surface area contributed by atoms with Crippen LogP contribution in [0.5, 0.6) is 0 Å². The van der Waals surface area contributed by atoms with E-state index in [9.17, 15) is 9.59 Å². The first-order chi connectivity index (χ1) is 17.3. The molecular formula is C29H32Cl2N2O2S. The Kier molecular flexibility index (Phi) is 11.2. The molecule has 1 atom stereocenters. The Morgan fingerprint density at radius 1 is 0.917 bits per heavy atom. The van der Waals surface area contributed by atoms with Crippen LogP contribution in [0.25, 0.3) is 0 Å². The van der Waals surface area contributed by atoms with Gasteiger partial charge in [0, 0.05) is 47.0 Å². The summed E-state index contributed by atoms with van der Waals surface area (Å²) in [7, 11) is 0. The van der Waals surface area contributed by atoms with Crippen LogP contribution in [-0.2, 0) is 28.3 Å². The Bertz CT molecular complexity index is 1130. The molecule has 1 N–H and O–H groups in total. The maximum Gasteiger partial charge on any atom is 0.243 e. The van der Waals surface area contributed by atoms with Crippen molar-refractivity contribution in [2.45, 2.75) is 51.1 Å². The van der Waals surface area contributed by atoms with E-state index >= 15 is 0 Å². The van der Waals surface area contributed by atoms with E-state index in [0.717, 1.165) is 16.9 Å². The summed E-state index contributed by atoms with van der Waals surface area (Å²) in [6.45, 7) is 4.06. The minimum absolute atomic E-state index is 0.0479. The molecule has 2 amide bonds. The smallest absolute Gasteiger partial charge is 0.243 e. The van der Waals surface area contributed by atoms with Gasteiger partial charge in [0.2, 0.25) is 11.8 Å². The minimum Gasteiger partial charge on any atom is -0.352 e. The summed E-state index contributed by atoms with van der Waals surface area (Å²) in [5.74, 6) is 1.23. The van der Waals surface area contributed by atoms with Crippen molar-refractivity contribution in [3.63, 3.8) is 0 Å². The number of amides is 2. The van der Waals surface area contributed by atoms with Crippen LogP contribution < -0.4 is 5.32 Å². The Labute approximate surface area is 228 Å². The SMILES string of the molecule is CC(C)NC(=O)C(Cc1ccccc1)N(Cc1ccc(Cl)cc1Cl)C(=O)CCSCc1ccccc1. The van der Waals surface area contributed by atoms with Crippen LogP contribution in [0.1, 0.15) is 37.0 Å². The van der Waals surface area contributed by atoms with Gasteiger partial charge in [-0.15, -0.1) is 0 Å². The highest BCUT2D eigenvalue weighted by molar-refractivity contribution is 7.98. The van der Waals surface area contributed by atoms with Crippen LogP contribution in [-0.4, -0.2) is 34.6 Å². The maximum absolute atomic E-state index is 13.6. The van der Waals surface area contributed by atoms with E-state index < -0.39 is 6.04 Å². The first kappa shape index (κ1) is 28.1.